The van der Waals surface area contributed by atoms with Crippen molar-refractivity contribution < 1.29 is 19.1 Å². The van der Waals surface area contributed by atoms with Gasteiger partial charge in [-0.15, -0.1) is 0 Å². The Labute approximate surface area is 121 Å². The lowest BCUT2D eigenvalue weighted by atomic mass is 10.2. The summed E-state index contributed by atoms with van der Waals surface area (Å²) in [4.78, 5) is 26.3. The standard InChI is InChI=1S/C14H15N3O4/c1-9-4-5-15-6-10(9)7-16-14(20)17-8-11-2-3-12(21-11)13(18)19/h2-6H,7-8H2,1H3,(H,18,19)(H2,16,17,20). The summed E-state index contributed by atoms with van der Waals surface area (Å²) in [5, 5.41) is 14.0. The van der Waals surface area contributed by atoms with Crippen molar-refractivity contribution in [3.05, 3.63) is 53.2 Å². The molecule has 0 aliphatic rings. The van der Waals surface area contributed by atoms with E-state index in [9.17, 15) is 9.59 Å². The van der Waals surface area contributed by atoms with E-state index < -0.39 is 5.97 Å². The molecule has 0 aliphatic carbocycles. The van der Waals surface area contributed by atoms with Crippen molar-refractivity contribution in [1.29, 1.82) is 0 Å². The van der Waals surface area contributed by atoms with Gasteiger partial charge in [-0.25, -0.2) is 9.59 Å². The SMILES string of the molecule is Cc1ccncc1CNC(=O)NCc1ccc(C(=O)O)o1. The average molecular weight is 289 g/mol. The van der Waals surface area contributed by atoms with Gasteiger partial charge in [0.1, 0.15) is 5.76 Å². The van der Waals surface area contributed by atoms with E-state index in [0.29, 0.717) is 12.3 Å². The summed E-state index contributed by atoms with van der Waals surface area (Å²) in [6.45, 7) is 2.42. The Kier molecular flexibility index (Phi) is 4.55. The predicted molar refractivity (Wildman–Crippen MR) is 73.7 cm³/mol. The van der Waals surface area contributed by atoms with E-state index in [2.05, 4.69) is 15.6 Å². The number of amides is 2. The van der Waals surface area contributed by atoms with Crippen molar-refractivity contribution in [2.45, 2.75) is 20.0 Å². The van der Waals surface area contributed by atoms with Crippen LogP contribution >= 0.6 is 0 Å². The molecule has 2 amide bonds. The topological polar surface area (TPSA) is 104 Å². The number of nitrogens with zero attached hydrogens (tertiary/aromatic N) is 1. The molecule has 0 aliphatic heterocycles. The van der Waals surface area contributed by atoms with E-state index >= 15 is 0 Å². The van der Waals surface area contributed by atoms with E-state index in [4.69, 9.17) is 9.52 Å². The third-order valence-electron chi connectivity index (χ3n) is 2.88. The van der Waals surface area contributed by atoms with Gasteiger partial charge in [-0.05, 0) is 36.2 Å². The molecule has 110 valence electrons. The van der Waals surface area contributed by atoms with Crippen LogP contribution in [0.15, 0.2) is 35.0 Å². The zero-order valence-electron chi connectivity index (χ0n) is 11.4. The maximum absolute atomic E-state index is 11.6. The number of aryl methyl sites for hydroxylation is 1. The second-order valence-corrected chi connectivity index (χ2v) is 4.41. The van der Waals surface area contributed by atoms with Gasteiger partial charge in [-0.2, -0.15) is 0 Å². The second-order valence-electron chi connectivity index (χ2n) is 4.41. The summed E-state index contributed by atoms with van der Waals surface area (Å²) >= 11 is 0. The van der Waals surface area contributed by atoms with Crippen LogP contribution in [0.1, 0.15) is 27.4 Å². The smallest absolute Gasteiger partial charge is 0.371 e. The zero-order valence-corrected chi connectivity index (χ0v) is 11.4. The van der Waals surface area contributed by atoms with Crippen LogP contribution in [-0.4, -0.2) is 22.1 Å². The van der Waals surface area contributed by atoms with Gasteiger partial charge in [0.2, 0.25) is 5.76 Å². The van der Waals surface area contributed by atoms with E-state index in [0.717, 1.165) is 11.1 Å². The van der Waals surface area contributed by atoms with Crippen LogP contribution in [0.25, 0.3) is 0 Å². The van der Waals surface area contributed by atoms with Gasteiger partial charge in [0.25, 0.3) is 0 Å². The molecule has 0 spiro atoms. The minimum Gasteiger partial charge on any atom is -0.475 e. The molecule has 0 saturated carbocycles. The van der Waals surface area contributed by atoms with Crippen molar-refractivity contribution >= 4 is 12.0 Å². The Morgan fingerprint density at radius 1 is 1.24 bits per heavy atom. The molecule has 7 heteroatoms. The molecule has 0 radical (unpaired) electrons. The second kappa shape index (κ2) is 6.56. The van der Waals surface area contributed by atoms with Gasteiger partial charge < -0.3 is 20.2 Å². The highest BCUT2D eigenvalue weighted by atomic mass is 16.4. The molecule has 2 aromatic heterocycles. The summed E-state index contributed by atoms with van der Waals surface area (Å²) in [5.41, 5.74) is 1.97. The van der Waals surface area contributed by atoms with Gasteiger partial charge in [-0.1, -0.05) is 0 Å². The predicted octanol–water partition coefficient (Wildman–Crippen LogP) is 1.68. The first kappa shape index (κ1) is 14.6. The molecule has 2 heterocycles. The van der Waals surface area contributed by atoms with Crippen LogP contribution in [-0.2, 0) is 13.1 Å². The number of carbonyl (C=O) groups excluding carboxylic acids is 1. The van der Waals surface area contributed by atoms with Gasteiger partial charge in [0.05, 0.1) is 6.54 Å². The van der Waals surface area contributed by atoms with Gasteiger partial charge in [-0.3, -0.25) is 4.98 Å². The molecule has 0 bridgehead atoms. The minimum atomic E-state index is -1.14. The van der Waals surface area contributed by atoms with Gasteiger partial charge in [0.15, 0.2) is 0 Å². The number of pyridine rings is 1. The number of carboxylic acid groups (broad SMARTS) is 1. The van der Waals surface area contributed by atoms with Gasteiger partial charge >= 0.3 is 12.0 Å². The van der Waals surface area contributed by atoms with Crippen molar-refractivity contribution in [2.75, 3.05) is 0 Å². The largest absolute Gasteiger partial charge is 0.475 e. The van der Waals surface area contributed by atoms with Crippen molar-refractivity contribution in [1.82, 2.24) is 15.6 Å². The molecule has 7 nitrogen and oxygen atoms in total. The number of nitrogens with one attached hydrogen (secondary N) is 2. The Balaban J connectivity index is 1.79. The van der Waals surface area contributed by atoms with Crippen molar-refractivity contribution in [3.63, 3.8) is 0 Å². The summed E-state index contributed by atoms with van der Waals surface area (Å²) in [7, 11) is 0. The number of hydrogen-bond donors (Lipinski definition) is 3. The van der Waals surface area contributed by atoms with E-state index in [1.165, 1.54) is 12.1 Å². The molecule has 21 heavy (non-hydrogen) atoms. The molecule has 0 aromatic carbocycles. The Hall–Kier alpha value is -2.83. The highest BCUT2D eigenvalue weighted by Crippen LogP contribution is 2.07. The first-order valence-corrected chi connectivity index (χ1v) is 6.29. The summed E-state index contributed by atoms with van der Waals surface area (Å²) < 4.78 is 5.03. The zero-order chi connectivity index (χ0) is 15.2. The third kappa shape index (κ3) is 4.07. The lowest BCUT2D eigenvalue weighted by Crippen LogP contribution is -2.34. The molecule has 0 saturated heterocycles. The minimum absolute atomic E-state index is 0.116. The number of hydrogen-bond acceptors (Lipinski definition) is 4. The molecule has 0 atom stereocenters. The van der Waals surface area contributed by atoms with Crippen LogP contribution in [0.3, 0.4) is 0 Å². The highest BCUT2D eigenvalue weighted by Gasteiger charge is 2.09. The lowest BCUT2D eigenvalue weighted by Gasteiger charge is -2.08. The van der Waals surface area contributed by atoms with Crippen molar-refractivity contribution in [2.24, 2.45) is 0 Å². The fourth-order valence-corrected chi connectivity index (χ4v) is 1.68. The maximum Gasteiger partial charge on any atom is 0.371 e. The Morgan fingerprint density at radius 3 is 2.67 bits per heavy atom. The van der Waals surface area contributed by atoms with Crippen LogP contribution in [0, 0.1) is 6.92 Å². The van der Waals surface area contributed by atoms with Crippen LogP contribution in [0.2, 0.25) is 0 Å². The van der Waals surface area contributed by atoms with Crippen LogP contribution in [0.5, 0.6) is 0 Å². The van der Waals surface area contributed by atoms with Crippen LogP contribution < -0.4 is 10.6 Å². The van der Waals surface area contributed by atoms with E-state index in [1.54, 1.807) is 12.4 Å². The molecule has 2 rings (SSSR count). The maximum atomic E-state index is 11.6. The van der Waals surface area contributed by atoms with Crippen LogP contribution in [0.4, 0.5) is 4.79 Å². The molecule has 3 N–H and O–H groups in total. The molecule has 0 fully saturated rings. The first-order valence-electron chi connectivity index (χ1n) is 6.29. The lowest BCUT2D eigenvalue weighted by molar-refractivity contribution is 0.0660. The summed E-state index contributed by atoms with van der Waals surface area (Å²) in [6, 6.07) is 4.35. The molecular formula is C14H15N3O4. The number of carboxylic acids is 1. The Morgan fingerprint density at radius 2 is 2.00 bits per heavy atom. The molecule has 0 unspecified atom stereocenters. The highest BCUT2D eigenvalue weighted by molar-refractivity contribution is 5.84. The number of aromatic nitrogens is 1. The summed E-state index contributed by atoms with van der Waals surface area (Å²) in [6.07, 6.45) is 3.39. The Bertz CT molecular complexity index is 651. The van der Waals surface area contributed by atoms with Gasteiger partial charge in [0, 0.05) is 18.9 Å². The molecule has 2 aromatic rings. The molecular weight excluding hydrogens is 274 g/mol. The normalized spacial score (nSPS) is 10.1. The van der Waals surface area contributed by atoms with E-state index in [1.807, 2.05) is 13.0 Å². The number of furan rings is 1. The fourth-order valence-electron chi connectivity index (χ4n) is 1.68. The first-order chi connectivity index (χ1) is 10.1. The number of carbonyl (C=O) groups is 2. The van der Waals surface area contributed by atoms with Crippen molar-refractivity contribution in [3.8, 4) is 0 Å². The number of aromatic carboxylic acids is 1. The monoisotopic (exact) mass is 289 g/mol. The number of urea groups is 1. The number of rotatable bonds is 5. The quantitative estimate of drug-likeness (QED) is 0.776. The summed E-state index contributed by atoms with van der Waals surface area (Å²) in [5.74, 6) is -0.920. The van der Waals surface area contributed by atoms with E-state index in [-0.39, 0.29) is 18.3 Å². The average Bonchev–Trinajstić information content (AvgIpc) is 2.93. The third-order valence-corrected chi connectivity index (χ3v) is 2.88. The fraction of sp³-hybridized carbons (Fsp3) is 0.214.